The Bertz CT molecular complexity index is 873. The zero-order valence-electron chi connectivity index (χ0n) is 14.4. The summed E-state index contributed by atoms with van der Waals surface area (Å²) in [5, 5.41) is 3.45. The SMILES string of the molecule is CC1CCCCN1CCCNC(=O)c1ccc2c(=O)[nH]c(=S)[nH]c2c1. The molecule has 1 aliphatic rings. The van der Waals surface area contributed by atoms with Crippen molar-refractivity contribution in [3.8, 4) is 0 Å². The molecule has 1 aromatic heterocycles. The number of likely N-dealkylation sites (tertiary alicyclic amines) is 1. The minimum atomic E-state index is -0.249. The molecule has 134 valence electrons. The van der Waals surface area contributed by atoms with E-state index >= 15 is 0 Å². The molecule has 0 saturated carbocycles. The topological polar surface area (TPSA) is 81.0 Å². The van der Waals surface area contributed by atoms with Crippen LogP contribution in [-0.4, -0.2) is 46.5 Å². The van der Waals surface area contributed by atoms with E-state index in [2.05, 4.69) is 27.1 Å². The van der Waals surface area contributed by atoms with E-state index in [-0.39, 0.29) is 16.2 Å². The molecule has 1 fully saturated rings. The quantitative estimate of drug-likeness (QED) is 0.565. The summed E-state index contributed by atoms with van der Waals surface area (Å²) in [7, 11) is 0. The number of H-pyrrole nitrogens is 2. The molecule has 2 heterocycles. The molecule has 1 amide bonds. The largest absolute Gasteiger partial charge is 0.352 e. The van der Waals surface area contributed by atoms with Crippen LogP contribution in [0.15, 0.2) is 23.0 Å². The van der Waals surface area contributed by atoms with Crippen LogP contribution in [-0.2, 0) is 0 Å². The Hall–Kier alpha value is -1.99. The van der Waals surface area contributed by atoms with Crippen LogP contribution in [0.3, 0.4) is 0 Å². The lowest BCUT2D eigenvalue weighted by atomic mass is 10.0. The summed E-state index contributed by atoms with van der Waals surface area (Å²) in [4.78, 5) is 32.1. The smallest absolute Gasteiger partial charge is 0.259 e. The van der Waals surface area contributed by atoms with Crippen LogP contribution in [0.25, 0.3) is 10.9 Å². The molecule has 25 heavy (non-hydrogen) atoms. The highest BCUT2D eigenvalue weighted by atomic mass is 32.1. The minimum Gasteiger partial charge on any atom is -0.352 e. The van der Waals surface area contributed by atoms with Gasteiger partial charge in [0.05, 0.1) is 10.9 Å². The summed E-state index contributed by atoms with van der Waals surface area (Å²) >= 11 is 4.98. The van der Waals surface area contributed by atoms with Gasteiger partial charge < -0.3 is 15.2 Å². The number of rotatable bonds is 5. The highest BCUT2D eigenvalue weighted by molar-refractivity contribution is 7.71. The lowest BCUT2D eigenvalue weighted by Gasteiger charge is -2.33. The molecule has 1 saturated heterocycles. The van der Waals surface area contributed by atoms with Crippen molar-refractivity contribution in [2.75, 3.05) is 19.6 Å². The minimum absolute atomic E-state index is 0.131. The first kappa shape index (κ1) is 17.8. The van der Waals surface area contributed by atoms with E-state index in [1.807, 2.05) is 0 Å². The van der Waals surface area contributed by atoms with Gasteiger partial charge in [0.2, 0.25) is 0 Å². The second-order valence-electron chi connectivity index (χ2n) is 6.66. The number of fused-ring (bicyclic) bond motifs is 1. The van der Waals surface area contributed by atoms with Crippen molar-refractivity contribution >= 4 is 29.0 Å². The predicted octanol–water partition coefficient (Wildman–Crippen LogP) is 2.58. The van der Waals surface area contributed by atoms with Gasteiger partial charge >= 0.3 is 0 Å². The molecule has 2 aromatic rings. The second kappa shape index (κ2) is 7.93. The number of hydrogen-bond donors (Lipinski definition) is 3. The fourth-order valence-corrected chi connectivity index (χ4v) is 3.59. The normalized spacial score (nSPS) is 18.4. The van der Waals surface area contributed by atoms with Crippen molar-refractivity contribution in [1.29, 1.82) is 0 Å². The van der Waals surface area contributed by atoms with E-state index < -0.39 is 0 Å². The van der Waals surface area contributed by atoms with E-state index in [4.69, 9.17) is 12.2 Å². The molecule has 0 spiro atoms. The van der Waals surface area contributed by atoms with Gasteiger partial charge in [-0.2, -0.15) is 0 Å². The van der Waals surface area contributed by atoms with Gasteiger partial charge in [0.25, 0.3) is 11.5 Å². The van der Waals surface area contributed by atoms with Gasteiger partial charge in [-0.1, -0.05) is 6.42 Å². The first-order valence-corrected chi connectivity index (χ1v) is 9.24. The van der Waals surface area contributed by atoms with E-state index in [0.717, 1.165) is 19.5 Å². The number of carbonyl (C=O) groups excluding carboxylic acids is 1. The van der Waals surface area contributed by atoms with Crippen LogP contribution in [0, 0.1) is 4.77 Å². The summed E-state index contributed by atoms with van der Waals surface area (Å²) in [6.07, 6.45) is 4.80. The Balaban J connectivity index is 1.57. The highest BCUT2D eigenvalue weighted by Crippen LogP contribution is 2.16. The van der Waals surface area contributed by atoms with Gasteiger partial charge in [-0.05, 0) is 63.1 Å². The van der Waals surface area contributed by atoms with Crippen molar-refractivity contribution < 1.29 is 4.79 Å². The summed E-state index contributed by atoms with van der Waals surface area (Å²) < 4.78 is 0.255. The third kappa shape index (κ3) is 4.35. The number of hydrogen-bond acceptors (Lipinski definition) is 4. The van der Waals surface area contributed by atoms with Crippen LogP contribution < -0.4 is 10.9 Å². The molecule has 6 nitrogen and oxygen atoms in total. The average Bonchev–Trinajstić information content (AvgIpc) is 2.59. The van der Waals surface area contributed by atoms with Gasteiger partial charge in [0.1, 0.15) is 0 Å². The van der Waals surface area contributed by atoms with Crippen molar-refractivity contribution in [1.82, 2.24) is 20.2 Å². The molecule has 1 aliphatic heterocycles. The molecule has 0 bridgehead atoms. The number of nitrogens with zero attached hydrogens (tertiary/aromatic N) is 1. The lowest BCUT2D eigenvalue weighted by Crippen LogP contribution is -2.39. The van der Waals surface area contributed by atoms with Crippen LogP contribution >= 0.6 is 12.2 Å². The fraction of sp³-hybridized carbons (Fsp3) is 0.500. The third-order valence-electron chi connectivity index (χ3n) is 4.85. The van der Waals surface area contributed by atoms with E-state index in [9.17, 15) is 9.59 Å². The Kier molecular flexibility index (Phi) is 5.65. The number of nitrogens with one attached hydrogen (secondary N) is 3. The standard InChI is InChI=1S/C18H24N4O2S/c1-12-5-2-3-9-22(12)10-4-8-19-16(23)13-6-7-14-15(11-13)20-18(25)21-17(14)24/h6-7,11-12H,2-5,8-10H2,1H3,(H,19,23)(H2,20,21,24,25). The van der Waals surface area contributed by atoms with Crippen molar-refractivity contribution in [2.24, 2.45) is 0 Å². The Morgan fingerprint density at radius 1 is 1.36 bits per heavy atom. The lowest BCUT2D eigenvalue weighted by molar-refractivity contribution is 0.0949. The second-order valence-corrected chi connectivity index (χ2v) is 7.07. The predicted molar refractivity (Wildman–Crippen MR) is 102 cm³/mol. The molecule has 1 atom stereocenters. The number of piperidine rings is 1. The van der Waals surface area contributed by atoms with Crippen LogP contribution in [0.4, 0.5) is 0 Å². The van der Waals surface area contributed by atoms with Crippen molar-refractivity contribution in [2.45, 2.75) is 38.6 Å². The molecule has 0 aliphatic carbocycles. The average molecular weight is 360 g/mol. The fourth-order valence-electron chi connectivity index (χ4n) is 3.39. The summed E-state index contributed by atoms with van der Waals surface area (Å²) in [6, 6.07) is 5.62. The summed E-state index contributed by atoms with van der Waals surface area (Å²) in [5.41, 5.74) is 0.847. The van der Waals surface area contributed by atoms with Gasteiger partial charge in [0.15, 0.2) is 4.77 Å². The Morgan fingerprint density at radius 2 is 2.20 bits per heavy atom. The molecule has 3 rings (SSSR count). The number of benzene rings is 1. The third-order valence-corrected chi connectivity index (χ3v) is 5.05. The highest BCUT2D eigenvalue weighted by Gasteiger charge is 2.17. The number of aromatic nitrogens is 2. The number of carbonyl (C=O) groups is 1. The first-order chi connectivity index (χ1) is 12.0. The molecule has 3 N–H and O–H groups in total. The molecule has 1 unspecified atom stereocenters. The van der Waals surface area contributed by atoms with Crippen LogP contribution in [0.2, 0.25) is 0 Å². The maximum absolute atomic E-state index is 12.3. The monoisotopic (exact) mass is 360 g/mol. The Labute approximate surface area is 151 Å². The first-order valence-electron chi connectivity index (χ1n) is 8.83. The molecule has 0 radical (unpaired) electrons. The maximum Gasteiger partial charge on any atom is 0.259 e. The van der Waals surface area contributed by atoms with Crippen LogP contribution in [0.5, 0.6) is 0 Å². The maximum atomic E-state index is 12.3. The number of aromatic amines is 2. The zero-order chi connectivity index (χ0) is 17.8. The van der Waals surface area contributed by atoms with E-state index in [1.165, 1.54) is 19.3 Å². The molecule has 7 heteroatoms. The molecular formula is C18H24N4O2S. The van der Waals surface area contributed by atoms with E-state index in [1.54, 1.807) is 18.2 Å². The summed E-state index contributed by atoms with van der Waals surface area (Å²) in [5.74, 6) is -0.131. The molecule has 1 aromatic carbocycles. The van der Waals surface area contributed by atoms with Crippen molar-refractivity contribution in [3.05, 3.63) is 38.9 Å². The van der Waals surface area contributed by atoms with Crippen LogP contribution in [0.1, 0.15) is 43.0 Å². The van der Waals surface area contributed by atoms with Gasteiger partial charge in [-0.3, -0.25) is 14.6 Å². The Morgan fingerprint density at radius 3 is 3.00 bits per heavy atom. The van der Waals surface area contributed by atoms with Gasteiger partial charge in [-0.15, -0.1) is 0 Å². The van der Waals surface area contributed by atoms with Gasteiger partial charge in [0, 0.05) is 24.7 Å². The zero-order valence-corrected chi connectivity index (χ0v) is 15.2. The van der Waals surface area contributed by atoms with Crippen molar-refractivity contribution in [3.63, 3.8) is 0 Å². The summed E-state index contributed by atoms with van der Waals surface area (Å²) in [6.45, 7) is 5.10. The van der Waals surface area contributed by atoms with E-state index in [0.29, 0.717) is 29.1 Å². The molecular weight excluding hydrogens is 336 g/mol. The van der Waals surface area contributed by atoms with Gasteiger partial charge in [-0.25, -0.2) is 0 Å². The number of amides is 1.